The Bertz CT molecular complexity index is 617. The molecular formula is C17H20BNO2. The molecule has 1 aliphatic heterocycles. The van der Waals surface area contributed by atoms with Gasteiger partial charge in [0.05, 0.1) is 19.4 Å². The fourth-order valence-electron chi connectivity index (χ4n) is 2.69. The van der Waals surface area contributed by atoms with Crippen LogP contribution >= 0.6 is 0 Å². The Morgan fingerprint density at radius 2 is 2.00 bits per heavy atom. The van der Waals surface area contributed by atoms with Crippen molar-refractivity contribution in [1.82, 2.24) is 0 Å². The van der Waals surface area contributed by atoms with Crippen LogP contribution < -0.4 is 9.39 Å². The monoisotopic (exact) mass is 281 g/mol. The van der Waals surface area contributed by atoms with Crippen molar-refractivity contribution in [3.63, 3.8) is 0 Å². The Morgan fingerprint density at radius 3 is 2.76 bits per heavy atom. The first-order valence-corrected chi connectivity index (χ1v) is 7.25. The van der Waals surface area contributed by atoms with E-state index in [4.69, 9.17) is 9.39 Å². The lowest BCUT2D eigenvalue weighted by Crippen LogP contribution is -2.52. The number of likely N-dealkylation sites (N-methyl/N-ethyl adjacent to an activating group) is 1. The van der Waals surface area contributed by atoms with Crippen molar-refractivity contribution in [3.05, 3.63) is 59.7 Å². The molecule has 0 saturated carbocycles. The maximum absolute atomic E-state index is 5.82. The van der Waals surface area contributed by atoms with Gasteiger partial charge in [-0.05, 0) is 23.8 Å². The molecule has 3 rings (SSSR count). The SMILES string of the molecule is COc1ccc2c(c1)C[N+](C)(CCc1ccccc1)[B-]O2. The molecule has 2 aromatic carbocycles. The van der Waals surface area contributed by atoms with Gasteiger partial charge in [0, 0.05) is 25.6 Å². The quantitative estimate of drug-likeness (QED) is 0.802. The topological polar surface area (TPSA) is 18.5 Å². The van der Waals surface area contributed by atoms with Crippen LogP contribution in [-0.2, 0) is 13.0 Å². The Hall–Kier alpha value is -1.94. The molecule has 0 N–H and O–H groups in total. The summed E-state index contributed by atoms with van der Waals surface area (Å²) >= 11 is 0. The van der Waals surface area contributed by atoms with E-state index < -0.39 is 0 Å². The minimum Gasteiger partial charge on any atom is -0.705 e. The van der Waals surface area contributed by atoms with Crippen LogP contribution in [0.25, 0.3) is 0 Å². The molecule has 3 nitrogen and oxygen atoms in total. The number of benzene rings is 2. The van der Waals surface area contributed by atoms with E-state index in [1.54, 1.807) is 7.11 Å². The first-order chi connectivity index (χ1) is 10.2. The van der Waals surface area contributed by atoms with E-state index in [-0.39, 0.29) is 0 Å². The van der Waals surface area contributed by atoms with E-state index in [1.165, 1.54) is 11.1 Å². The second-order valence-corrected chi connectivity index (χ2v) is 5.79. The molecule has 1 heterocycles. The van der Waals surface area contributed by atoms with Crippen LogP contribution in [0.2, 0.25) is 0 Å². The minimum absolute atomic E-state index is 0.773. The molecule has 0 aliphatic carbocycles. The highest BCUT2D eigenvalue weighted by molar-refractivity contribution is 6.19. The average Bonchev–Trinajstić information content (AvgIpc) is 2.53. The minimum atomic E-state index is 0.773. The van der Waals surface area contributed by atoms with E-state index in [0.29, 0.717) is 0 Å². The normalized spacial score (nSPS) is 20.5. The van der Waals surface area contributed by atoms with Crippen molar-refractivity contribution in [2.75, 3.05) is 20.7 Å². The Balaban J connectivity index is 1.71. The highest BCUT2D eigenvalue weighted by Gasteiger charge is 2.21. The van der Waals surface area contributed by atoms with Crippen LogP contribution in [0.3, 0.4) is 0 Å². The zero-order chi connectivity index (χ0) is 14.7. The molecule has 0 saturated heterocycles. The van der Waals surface area contributed by atoms with Crippen molar-refractivity contribution >= 4 is 7.62 Å². The van der Waals surface area contributed by atoms with Gasteiger partial charge in [-0.2, -0.15) is 0 Å². The molecule has 0 aromatic heterocycles. The average molecular weight is 281 g/mol. The fourth-order valence-corrected chi connectivity index (χ4v) is 2.69. The number of methoxy groups -OCH3 is 1. The number of hydrogen-bond donors (Lipinski definition) is 0. The summed E-state index contributed by atoms with van der Waals surface area (Å²) < 4.78 is 11.9. The van der Waals surface area contributed by atoms with Gasteiger partial charge in [0.25, 0.3) is 0 Å². The first-order valence-electron chi connectivity index (χ1n) is 7.25. The van der Waals surface area contributed by atoms with Gasteiger partial charge in [0.15, 0.2) is 0 Å². The maximum atomic E-state index is 5.82. The zero-order valence-corrected chi connectivity index (χ0v) is 12.6. The van der Waals surface area contributed by atoms with Crippen LogP contribution in [0.4, 0.5) is 0 Å². The summed E-state index contributed by atoms with van der Waals surface area (Å²) in [7, 11) is 5.84. The molecule has 4 heteroatoms. The smallest absolute Gasteiger partial charge is 0.245 e. The summed E-state index contributed by atoms with van der Waals surface area (Å²) in [6, 6.07) is 16.6. The summed E-state index contributed by atoms with van der Waals surface area (Å²) in [5.74, 6) is 1.82. The number of hydrogen-bond acceptors (Lipinski definition) is 2. The largest absolute Gasteiger partial charge is 0.705 e. The third-order valence-electron chi connectivity index (χ3n) is 3.99. The molecular weight excluding hydrogens is 261 g/mol. The van der Waals surface area contributed by atoms with Crippen molar-refractivity contribution in [1.29, 1.82) is 0 Å². The number of nitrogens with zero attached hydrogens (tertiary/aromatic N) is 1. The van der Waals surface area contributed by atoms with E-state index in [9.17, 15) is 0 Å². The summed E-state index contributed by atoms with van der Waals surface area (Å²) in [6.07, 6.45) is 1.04. The van der Waals surface area contributed by atoms with E-state index in [2.05, 4.69) is 43.4 Å². The maximum Gasteiger partial charge on any atom is 0.245 e. The molecule has 2 radical (unpaired) electrons. The highest BCUT2D eigenvalue weighted by atomic mass is 16.5. The van der Waals surface area contributed by atoms with Crippen molar-refractivity contribution in [2.24, 2.45) is 0 Å². The standard InChI is InChI=1S/C17H20BNO2/c1-19(11-10-14-6-4-3-5-7-14)13-15-12-16(20-2)8-9-17(15)21-18-19/h3-9,12H,10-11,13H2,1-2H3. The van der Waals surface area contributed by atoms with Gasteiger partial charge in [0.2, 0.25) is 7.62 Å². The Morgan fingerprint density at radius 1 is 1.19 bits per heavy atom. The third kappa shape index (κ3) is 3.22. The zero-order valence-electron chi connectivity index (χ0n) is 12.6. The molecule has 1 atom stereocenters. The molecule has 21 heavy (non-hydrogen) atoms. The molecule has 0 amide bonds. The highest BCUT2D eigenvalue weighted by Crippen LogP contribution is 2.30. The lowest BCUT2D eigenvalue weighted by molar-refractivity contribution is -0.822. The van der Waals surface area contributed by atoms with Gasteiger partial charge in [-0.1, -0.05) is 30.3 Å². The predicted molar refractivity (Wildman–Crippen MR) is 84.3 cm³/mol. The summed E-state index contributed by atoms with van der Waals surface area (Å²) in [6.45, 7) is 1.94. The van der Waals surface area contributed by atoms with Gasteiger partial charge >= 0.3 is 0 Å². The molecule has 1 unspecified atom stereocenters. The molecule has 2 aromatic rings. The molecule has 0 spiro atoms. The van der Waals surface area contributed by atoms with Gasteiger partial charge in [-0.15, -0.1) is 0 Å². The molecule has 0 fully saturated rings. The number of fused-ring (bicyclic) bond motifs is 1. The summed E-state index contributed by atoms with van der Waals surface area (Å²) in [5.41, 5.74) is 2.56. The lowest BCUT2D eigenvalue weighted by atomic mass is 9.98. The predicted octanol–water partition coefficient (Wildman–Crippen LogP) is 2.81. The van der Waals surface area contributed by atoms with Crippen molar-refractivity contribution in [3.8, 4) is 11.5 Å². The van der Waals surface area contributed by atoms with E-state index in [1.807, 2.05) is 19.7 Å². The van der Waals surface area contributed by atoms with Crippen LogP contribution in [0, 0.1) is 0 Å². The van der Waals surface area contributed by atoms with Gasteiger partial charge < -0.3 is 13.8 Å². The molecule has 108 valence electrons. The Labute approximate surface area is 127 Å². The molecule has 0 bridgehead atoms. The number of rotatable bonds is 4. The van der Waals surface area contributed by atoms with Gasteiger partial charge in [-0.25, -0.2) is 0 Å². The van der Waals surface area contributed by atoms with Gasteiger partial charge in [-0.3, -0.25) is 0 Å². The van der Waals surface area contributed by atoms with E-state index in [0.717, 1.165) is 35.4 Å². The third-order valence-corrected chi connectivity index (χ3v) is 3.99. The van der Waals surface area contributed by atoms with Crippen molar-refractivity contribution in [2.45, 2.75) is 13.0 Å². The summed E-state index contributed by atoms with van der Waals surface area (Å²) in [4.78, 5) is 0. The number of ether oxygens (including phenoxy) is 1. The fraction of sp³-hybridized carbons (Fsp3) is 0.294. The molecule has 1 aliphatic rings. The van der Waals surface area contributed by atoms with Crippen LogP contribution in [0.5, 0.6) is 11.5 Å². The van der Waals surface area contributed by atoms with Crippen LogP contribution in [-0.4, -0.2) is 32.7 Å². The second-order valence-electron chi connectivity index (χ2n) is 5.79. The number of quaternary nitrogens is 1. The van der Waals surface area contributed by atoms with Gasteiger partial charge in [0.1, 0.15) is 5.75 Å². The first kappa shape index (κ1) is 14.0. The lowest BCUT2D eigenvalue weighted by Gasteiger charge is -2.50. The van der Waals surface area contributed by atoms with E-state index >= 15 is 0 Å². The summed E-state index contributed by atoms with van der Waals surface area (Å²) in [5, 5.41) is 0. The Kier molecular flexibility index (Phi) is 3.89. The van der Waals surface area contributed by atoms with Crippen molar-refractivity contribution < 1.29 is 13.8 Å². The van der Waals surface area contributed by atoms with Crippen LogP contribution in [0.15, 0.2) is 48.5 Å². The second kappa shape index (κ2) is 5.82. The van der Waals surface area contributed by atoms with Crippen LogP contribution in [0.1, 0.15) is 11.1 Å².